The molecule has 3 rings (SSSR count). The molecule has 166 valence electrons. The van der Waals surface area contributed by atoms with Crippen molar-refractivity contribution in [3.8, 4) is 0 Å². The SMILES string of the molecule is CC(C)OCCCNC(=O)CSc1nnc(Cc2cccs2)n1CCc1ccccc1. The van der Waals surface area contributed by atoms with E-state index >= 15 is 0 Å². The van der Waals surface area contributed by atoms with Gasteiger partial charge in [-0.2, -0.15) is 0 Å². The number of rotatable bonds is 13. The van der Waals surface area contributed by atoms with Crippen LogP contribution in [-0.4, -0.2) is 45.7 Å². The normalized spacial score (nSPS) is 11.2. The van der Waals surface area contributed by atoms with Gasteiger partial charge in [0.05, 0.1) is 11.9 Å². The lowest BCUT2D eigenvalue weighted by atomic mass is 10.1. The number of hydrogen-bond acceptors (Lipinski definition) is 6. The number of thioether (sulfide) groups is 1. The van der Waals surface area contributed by atoms with Gasteiger partial charge in [0.2, 0.25) is 5.91 Å². The Morgan fingerprint density at radius 1 is 1.19 bits per heavy atom. The van der Waals surface area contributed by atoms with E-state index in [1.807, 2.05) is 19.9 Å². The minimum absolute atomic E-state index is 0.00645. The second-order valence-electron chi connectivity index (χ2n) is 7.45. The van der Waals surface area contributed by atoms with Crippen LogP contribution in [0, 0.1) is 0 Å². The van der Waals surface area contributed by atoms with Gasteiger partial charge < -0.3 is 14.6 Å². The topological polar surface area (TPSA) is 69.0 Å². The Morgan fingerprint density at radius 2 is 2.03 bits per heavy atom. The molecule has 0 fully saturated rings. The van der Waals surface area contributed by atoms with Crippen LogP contribution in [0.25, 0.3) is 0 Å². The van der Waals surface area contributed by atoms with Crippen LogP contribution in [0.4, 0.5) is 0 Å². The van der Waals surface area contributed by atoms with Gasteiger partial charge in [0.1, 0.15) is 5.82 Å². The zero-order chi connectivity index (χ0) is 21.9. The Balaban J connectivity index is 1.56. The van der Waals surface area contributed by atoms with E-state index in [9.17, 15) is 4.79 Å². The lowest BCUT2D eigenvalue weighted by molar-refractivity contribution is -0.118. The molecule has 0 atom stereocenters. The van der Waals surface area contributed by atoms with Crippen LogP contribution in [0.2, 0.25) is 0 Å². The molecule has 6 nitrogen and oxygen atoms in total. The van der Waals surface area contributed by atoms with E-state index < -0.39 is 0 Å². The number of nitrogens with zero attached hydrogens (tertiary/aromatic N) is 3. The number of benzene rings is 1. The predicted molar refractivity (Wildman–Crippen MR) is 127 cm³/mol. The second-order valence-corrected chi connectivity index (χ2v) is 9.43. The highest BCUT2D eigenvalue weighted by Crippen LogP contribution is 2.21. The molecule has 1 aromatic carbocycles. The molecule has 0 bridgehead atoms. The van der Waals surface area contributed by atoms with Crippen molar-refractivity contribution < 1.29 is 9.53 Å². The number of carbonyl (C=O) groups is 1. The lowest BCUT2D eigenvalue weighted by Crippen LogP contribution is -2.27. The zero-order valence-electron chi connectivity index (χ0n) is 18.1. The standard InChI is InChI=1S/C23H30N4O2S2/c1-18(2)29-14-7-12-24-22(28)17-31-23-26-25-21(16-20-10-6-15-30-20)27(23)13-11-19-8-4-3-5-9-19/h3-6,8-10,15,18H,7,11-14,16-17H2,1-2H3,(H,24,28). The molecule has 0 aliphatic carbocycles. The predicted octanol–water partition coefficient (Wildman–Crippen LogP) is 4.20. The minimum Gasteiger partial charge on any atom is -0.379 e. The summed E-state index contributed by atoms with van der Waals surface area (Å²) in [6.07, 6.45) is 2.68. The number of nitrogens with one attached hydrogen (secondary N) is 1. The van der Waals surface area contributed by atoms with E-state index in [4.69, 9.17) is 4.74 Å². The molecule has 1 N–H and O–H groups in total. The van der Waals surface area contributed by atoms with Crippen molar-refractivity contribution in [3.05, 3.63) is 64.1 Å². The van der Waals surface area contributed by atoms with E-state index in [1.54, 1.807) is 11.3 Å². The number of aromatic nitrogens is 3. The monoisotopic (exact) mass is 458 g/mol. The van der Waals surface area contributed by atoms with E-state index in [-0.39, 0.29) is 12.0 Å². The van der Waals surface area contributed by atoms with Crippen molar-refractivity contribution in [2.45, 2.75) is 50.9 Å². The maximum atomic E-state index is 12.2. The van der Waals surface area contributed by atoms with Crippen LogP contribution in [0.15, 0.2) is 53.0 Å². The van der Waals surface area contributed by atoms with Crippen molar-refractivity contribution in [1.29, 1.82) is 0 Å². The molecule has 0 aliphatic rings. The molecule has 1 amide bonds. The van der Waals surface area contributed by atoms with Crippen LogP contribution >= 0.6 is 23.1 Å². The number of thiophene rings is 1. The highest BCUT2D eigenvalue weighted by Gasteiger charge is 2.15. The summed E-state index contributed by atoms with van der Waals surface area (Å²) in [5.41, 5.74) is 1.27. The van der Waals surface area contributed by atoms with Gasteiger partial charge in [-0.15, -0.1) is 21.5 Å². The fourth-order valence-electron chi connectivity index (χ4n) is 3.04. The summed E-state index contributed by atoms with van der Waals surface area (Å²) in [5, 5.41) is 14.6. The Labute approximate surface area is 192 Å². The Bertz CT molecular complexity index is 911. The Hall–Kier alpha value is -2.16. The van der Waals surface area contributed by atoms with Crippen LogP contribution in [0.5, 0.6) is 0 Å². The fourth-order valence-corrected chi connectivity index (χ4v) is 4.55. The van der Waals surface area contributed by atoms with E-state index in [2.05, 4.69) is 61.9 Å². The summed E-state index contributed by atoms with van der Waals surface area (Å²) in [7, 11) is 0. The summed E-state index contributed by atoms with van der Waals surface area (Å²) >= 11 is 3.16. The van der Waals surface area contributed by atoms with Gasteiger partial charge in [0.25, 0.3) is 0 Å². The van der Waals surface area contributed by atoms with Crippen molar-refractivity contribution >= 4 is 29.0 Å². The first-order chi connectivity index (χ1) is 15.1. The number of carbonyl (C=O) groups excluding carboxylic acids is 1. The maximum Gasteiger partial charge on any atom is 0.230 e. The molecular weight excluding hydrogens is 428 g/mol. The van der Waals surface area contributed by atoms with E-state index in [1.165, 1.54) is 22.2 Å². The third-order valence-electron chi connectivity index (χ3n) is 4.60. The summed E-state index contributed by atoms with van der Waals surface area (Å²) in [6, 6.07) is 14.6. The van der Waals surface area contributed by atoms with Gasteiger partial charge in [-0.05, 0) is 43.7 Å². The lowest BCUT2D eigenvalue weighted by Gasteiger charge is -2.11. The van der Waals surface area contributed by atoms with Crippen LogP contribution < -0.4 is 5.32 Å². The van der Waals surface area contributed by atoms with Gasteiger partial charge in [-0.25, -0.2) is 0 Å². The number of aryl methyl sites for hydroxylation is 1. The highest BCUT2D eigenvalue weighted by molar-refractivity contribution is 7.99. The average molecular weight is 459 g/mol. The second kappa shape index (κ2) is 12.6. The molecule has 2 heterocycles. The molecule has 0 radical (unpaired) electrons. The first kappa shape index (κ1) is 23.5. The van der Waals surface area contributed by atoms with Crippen molar-refractivity contribution in [2.24, 2.45) is 0 Å². The van der Waals surface area contributed by atoms with E-state index in [0.29, 0.717) is 18.9 Å². The van der Waals surface area contributed by atoms with Crippen LogP contribution in [0.3, 0.4) is 0 Å². The smallest absolute Gasteiger partial charge is 0.230 e. The van der Waals surface area contributed by atoms with Crippen molar-refractivity contribution in [1.82, 2.24) is 20.1 Å². The summed E-state index contributed by atoms with van der Waals surface area (Å²) < 4.78 is 7.65. The summed E-state index contributed by atoms with van der Waals surface area (Å²) in [5.74, 6) is 1.27. The first-order valence-corrected chi connectivity index (χ1v) is 12.5. The molecule has 0 saturated carbocycles. The summed E-state index contributed by atoms with van der Waals surface area (Å²) in [4.78, 5) is 13.5. The largest absolute Gasteiger partial charge is 0.379 e. The average Bonchev–Trinajstić information content (AvgIpc) is 3.41. The van der Waals surface area contributed by atoms with Crippen molar-refractivity contribution in [2.75, 3.05) is 18.9 Å². The van der Waals surface area contributed by atoms with Crippen LogP contribution in [-0.2, 0) is 28.9 Å². The maximum absolute atomic E-state index is 12.2. The minimum atomic E-state index is 0.00645. The molecular formula is C23H30N4O2S2. The molecule has 0 saturated heterocycles. The van der Waals surface area contributed by atoms with Gasteiger partial charge >= 0.3 is 0 Å². The quantitative estimate of drug-likeness (QED) is 0.307. The Morgan fingerprint density at radius 3 is 2.77 bits per heavy atom. The molecule has 0 aliphatic heterocycles. The van der Waals surface area contributed by atoms with E-state index in [0.717, 1.165) is 36.8 Å². The van der Waals surface area contributed by atoms with Gasteiger partial charge in [-0.1, -0.05) is 48.2 Å². The molecule has 31 heavy (non-hydrogen) atoms. The number of ether oxygens (including phenoxy) is 1. The van der Waals surface area contributed by atoms with Gasteiger partial charge in [0.15, 0.2) is 5.16 Å². The van der Waals surface area contributed by atoms with Crippen LogP contribution in [0.1, 0.15) is 36.5 Å². The Kier molecular flexibility index (Phi) is 9.58. The first-order valence-electron chi connectivity index (χ1n) is 10.6. The number of amides is 1. The highest BCUT2D eigenvalue weighted by atomic mass is 32.2. The third kappa shape index (κ3) is 8.12. The molecule has 8 heteroatoms. The molecule has 3 aromatic rings. The van der Waals surface area contributed by atoms with Gasteiger partial charge in [-0.3, -0.25) is 4.79 Å². The summed E-state index contributed by atoms with van der Waals surface area (Å²) in [6.45, 7) is 6.08. The molecule has 0 unspecified atom stereocenters. The third-order valence-corrected chi connectivity index (χ3v) is 6.44. The molecule has 2 aromatic heterocycles. The van der Waals surface area contributed by atoms with Gasteiger partial charge in [0, 0.05) is 31.0 Å². The zero-order valence-corrected chi connectivity index (χ0v) is 19.8. The number of hydrogen-bond donors (Lipinski definition) is 1. The van der Waals surface area contributed by atoms with Crippen molar-refractivity contribution in [3.63, 3.8) is 0 Å². The fraction of sp³-hybridized carbons (Fsp3) is 0.435. The molecule has 0 spiro atoms.